The van der Waals surface area contributed by atoms with Crippen LogP contribution in [0.4, 0.5) is 0 Å². The predicted octanol–water partition coefficient (Wildman–Crippen LogP) is 13.2. The zero-order valence-electron chi connectivity index (χ0n) is 30.9. The molecule has 2 heteroatoms. The van der Waals surface area contributed by atoms with Crippen LogP contribution in [0.1, 0.15) is 99.9 Å². The average molecular weight is 593 g/mol. The van der Waals surface area contributed by atoms with E-state index in [4.69, 9.17) is 0 Å². The van der Waals surface area contributed by atoms with E-state index in [9.17, 15) is 0 Å². The number of fused-ring (bicyclic) bond motifs is 6. The lowest BCUT2D eigenvalue weighted by atomic mass is 9.94. The summed E-state index contributed by atoms with van der Waals surface area (Å²) < 4.78 is 4.92. The molecule has 238 valence electrons. The van der Waals surface area contributed by atoms with Crippen LogP contribution in [0, 0.1) is 55.4 Å². The minimum Gasteiger partial charge on any atom is -0.341 e. The van der Waals surface area contributed by atoms with Gasteiger partial charge in [0.05, 0.1) is 11.0 Å². The number of aryl methyl sites for hydroxylation is 6. The van der Waals surface area contributed by atoms with Gasteiger partial charge in [0.15, 0.2) is 0 Å². The van der Waals surface area contributed by atoms with Crippen molar-refractivity contribution in [2.75, 3.05) is 0 Å². The minimum absolute atomic E-state index is 1.02. The molecule has 44 heavy (non-hydrogen) atoms. The normalized spacial score (nSPS) is 10.5. The molecule has 2 heterocycles. The number of hydrogen-bond acceptors (Lipinski definition) is 0. The first-order valence-corrected chi connectivity index (χ1v) is 17.1. The number of nitrogens with zero attached hydrogens (tertiary/aromatic N) is 2. The first-order valence-electron chi connectivity index (χ1n) is 17.1. The fourth-order valence-electron chi connectivity index (χ4n) is 6.66. The molecule has 0 aliphatic rings. The van der Waals surface area contributed by atoms with Gasteiger partial charge < -0.3 is 9.13 Å². The lowest BCUT2D eigenvalue weighted by Crippen LogP contribution is -1.99. The third kappa shape index (κ3) is 6.06. The molecule has 0 amide bonds. The number of benzene rings is 4. The second-order valence-corrected chi connectivity index (χ2v) is 11.0. The Balaban J connectivity index is 0.000000263. The zero-order valence-corrected chi connectivity index (χ0v) is 30.9. The van der Waals surface area contributed by atoms with Crippen LogP contribution in [0.25, 0.3) is 43.6 Å². The molecule has 4 aromatic carbocycles. The van der Waals surface area contributed by atoms with E-state index in [2.05, 4.69) is 127 Å². The summed E-state index contributed by atoms with van der Waals surface area (Å²) in [5, 5.41) is 5.67. The van der Waals surface area contributed by atoms with Crippen LogP contribution in [0.15, 0.2) is 48.5 Å². The monoisotopic (exact) mass is 592 g/mol. The summed E-state index contributed by atoms with van der Waals surface area (Å²) in [6.07, 6.45) is 0. The average Bonchev–Trinajstić information content (AvgIpc) is 3.60. The summed E-state index contributed by atoms with van der Waals surface area (Å²) in [5.74, 6) is 0. The van der Waals surface area contributed by atoms with Gasteiger partial charge >= 0.3 is 0 Å². The third-order valence-corrected chi connectivity index (χ3v) is 9.41. The highest BCUT2D eigenvalue weighted by Gasteiger charge is 2.18. The van der Waals surface area contributed by atoms with E-state index < -0.39 is 0 Å². The fourth-order valence-corrected chi connectivity index (χ4v) is 6.66. The molecule has 2 nitrogen and oxygen atoms in total. The molecule has 6 aromatic rings. The van der Waals surface area contributed by atoms with Gasteiger partial charge in [-0.3, -0.25) is 0 Å². The number of aromatic nitrogens is 2. The van der Waals surface area contributed by atoms with E-state index in [1.54, 1.807) is 0 Å². The Labute approximate surface area is 269 Å². The van der Waals surface area contributed by atoms with Crippen LogP contribution in [0.3, 0.4) is 0 Å². The molecule has 0 unspecified atom stereocenters. The van der Waals surface area contributed by atoms with Gasteiger partial charge in [0, 0.05) is 45.7 Å². The number of hydrogen-bond donors (Lipinski definition) is 0. The van der Waals surface area contributed by atoms with Crippen LogP contribution in [0.5, 0.6) is 0 Å². The predicted molar refractivity (Wildman–Crippen MR) is 202 cm³/mol. The maximum Gasteiger partial charge on any atom is 0.0526 e. The molecule has 0 atom stereocenters. The Kier molecular flexibility index (Phi) is 13.3. The highest BCUT2D eigenvalue weighted by Crippen LogP contribution is 2.38. The first-order chi connectivity index (χ1) is 21.1. The molecule has 0 saturated heterocycles. The number of rotatable bonds is 2. The van der Waals surface area contributed by atoms with E-state index in [1.165, 1.54) is 88.1 Å². The summed E-state index contributed by atoms with van der Waals surface area (Å²) >= 11 is 0. The molecule has 6 rings (SSSR count). The summed E-state index contributed by atoms with van der Waals surface area (Å²) in [6, 6.07) is 17.5. The minimum atomic E-state index is 1.02. The molecule has 0 fully saturated rings. The maximum absolute atomic E-state index is 2.46. The van der Waals surface area contributed by atoms with Gasteiger partial charge in [0.1, 0.15) is 0 Å². The van der Waals surface area contributed by atoms with Gasteiger partial charge in [-0.05, 0) is 126 Å². The molecule has 2 aromatic heterocycles. The van der Waals surface area contributed by atoms with E-state index in [-0.39, 0.29) is 0 Å². The summed E-state index contributed by atoms with van der Waals surface area (Å²) in [6.45, 7) is 36.5. The smallest absolute Gasteiger partial charge is 0.0526 e. The zero-order chi connectivity index (χ0) is 33.5. The molecular weight excluding hydrogens is 532 g/mol. The fraction of sp³-hybridized carbons (Fsp3) is 0.429. The lowest BCUT2D eigenvalue weighted by molar-refractivity contribution is 0.824. The van der Waals surface area contributed by atoms with Crippen LogP contribution in [0.2, 0.25) is 0 Å². The van der Waals surface area contributed by atoms with Crippen molar-refractivity contribution in [3.63, 3.8) is 0 Å². The van der Waals surface area contributed by atoms with Gasteiger partial charge in [-0.1, -0.05) is 77.9 Å². The highest BCUT2D eigenvalue weighted by molar-refractivity contribution is 6.12. The quantitative estimate of drug-likeness (QED) is 0.189. The number of para-hydroxylation sites is 2. The van der Waals surface area contributed by atoms with Crippen LogP contribution >= 0.6 is 0 Å². The van der Waals surface area contributed by atoms with E-state index in [0.717, 1.165) is 13.1 Å². The van der Waals surface area contributed by atoms with Crippen molar-refractivity contribution < 1.29 is 0 Å². The Morgan fingerprint density at radius 2 is 0.659 bits per heavy atom. The lowest BCUT2D eigenvalue weighted by Gasteiger charge is -2.13. The molecule has 0 bridgehead atoms. The first kappa shape index (κ1) is 36.7. The van der Waals surface area contributed by atoms with E-state index >= 15 is 0 Å². The van der Waals surface area contributed by atoms with Crippen molar-refractivity contribution in [1.29, 1.82) is 0 Å². The van der Waals surface area contributed by atoms with Crippen molar-refractivity contribution in [3.05, 3.63) is 93.0 Å². The highest BCUT2D eigenvalue weighted by atomic mass is 15.0. The van der Waals surface area contributed by atoms with Crippen molar-refractivity contribution in [2.24, 2.45) is 0 Å². The van der Waals surface area contributed by atoms with Crippen molar-refractivity contribution in [2.45, 2.75) is 124 Å². The van der Waals surface area contributed by atoms with Gasteiger partial charge in [-0.25, -0.2) is 0 Å². The molecule has 0 radical (unpaired) electrons. The van der Waals surface area contributed by atoms with Crippen LogP contribution in [-0.4, -0.2) is 9.13 Å². The molecule has 0 aliphatic carbocycles. The SMILES string of the molecule is CC.CC.CC.CCn1c2ccccc2c2c(C)c(C)c(C)c(C)c21.CCn1c2ccccc2c2c(C)c(C)c(C)c(C)c21. The Bertz CT molecular complexity index is 1720. The summed E-state index contributed by atoms with van der Waals surface area (Å²) in [4.78, 5) is 0. The summed E-state index contributed by atoms with van der Waals surface area (Å²) in [5.41, 5.74) is 17.0. The van der Waals surface area contributed by atoms with E-state index in [1.807, 2.05) is 41.5 Å². The molecule has 0 aliphatic heterocycles. The molecule has 0 saturated carbocycles. The van der Waals surface area contributed by atoms with E-state index in [0.29, 0.717) is 0 Å². The Morgan fingerprint density at radius 3 is 0.955 bits per heavy atom. The van der Waals surface area contributed by atoms with Crippen LogP contribution in [-0.2, 0) is 13.1 Å². The standard InChI is InChI=1S/2C18H21N.3C2H6/c2*1-6-19-16-10-8-7-9-15(16)17-13(4)11(2)12(3)14(5)18(17)19;3*1-2/h2*7-10H,6H2,1-5H3;3*1-2H3. The maximum atomic E-state index is 2.46. The molecular formula is C42H60N2. The molecule has 0 N–H and O–H groups in total. The Hall–Kier alpha value is -3.52. The van der Waals surface area contributed by atoms with Gasteiger partial charge in [-0.2, -0.15) is 0 Å². The Morgan fingerprint density at radius 1 is 0.386 bits per heavy atom. The topological polar surface area (TPSA) is 9.86 Å². The second kappa shape index (κ2) is 16.0. The van der Waals surface area contributed by atoms with Gasteiger partial charge in [-0.15, -0.1) is 0 Å². The summed E-state index contributed by atoms with van der Waals surface area (Å²) in [7, 11) is 0. The van der Waals surface area contributed by atoms with Gasteiger partial charge in [0.25, 0.3) is 0 Å². The van der Waals surface area contributed by atoms with Gasteiger partial charge in [0.2, 0.25) is 0 Å². The molecule has 0 spiro atoms. The second-order valence-electron chi connectivity index (χ2n) is 11.0. The third-order valence-electron chi connectivity index (χ3n) is 9.41. The van der Waals surface area contributed by atoms with Crippen molar-refractivity contribution >= 4 is 43.6 Å². The van der Waals surface area contributed by atoms with Crippen LogP contribution < -0.4 is 0 Å². The largest absolute Gasteiger partial charge is 0.341 e. The van der Waals surface area contributed by atoms with Crippen molar-refractivity contribution in [1.82, 2.24) is 9.13 Å². The van der Waals surface area contributed by atoms with Crippen molar-refractivity contribution in [3.8, 4) is 0 Å².